The predicted molar refractivity (Wildman–Crippen MR) is 59.0 cm³/mol. The van der Waals surface area contributed by atoms with Crippen molar-refractivity contribution in [1.82, 2.24) is 0 Å². The third-order valence-electron chi connectivity index (χ3n) is 2.11. The van der Waals surface area contributed by atoms with E-state index < -0.39 is 10.9 Å². The fraction of sp³-hybridized carbons (Fsp3) is 0.182. The molecule has 5 nitrogen and oxygen atoms in total. The topological polar surface area (TPSA) is 80.4 Å². The van der Waals surface area contributed by atoms with E-state index in [1.165, 1.54) is 12.1 Å². The summed E-state index contributed by atoms with van der Waals surface area (Å²) in [7, 11) is 0. The Kier molecular flexibility index (Phi) is 3.77. The number of benzene rings is 1. The zero-order chi connectivity index (χ0) is 12.1. The van der Waals surface area contributed by atoms with Crippen molar-refractivity contribution < 1.29 is 14.8 Å². The highest BCUT2D eigenvalue weighted by Gasteiger charge is 2.13. The summed E-state index contributed by atoms with van der Waals surface area (Å²) in [5, 5.41) is 19.2. The van der Waals surface area contributed by atoms with E-state index in [4.69, 9.17) is 5.11 Å². The Labute approximate surface area is 92.2 Å². The van der Waals surface area contributed by atoms with Gasteiger partial charge in [0.25, 0.3) is 5.69 Å². The number of carboxylic acid groups (broad SMARTS) is 1. The maximum atomic E-state index is 10.7. The first-order chi connectivity index (χ1) is 7.52. The molecule has 0 aliphatic rings. The van der Waals surface area contributed by atoms with E-state index in [0.717, 1.165) is 0 Å². The number of carboxylic acids is 1. The molecule has 0 heterocycles. The van der Waals surface area contributed by atoms with Crippen molar-refractivity contribution in [2.45, 2.75) is 13.3 Å². The van der Waals surface area contributed by atoms with Crippen molar-refractivity contribution >= 4 is 17.2 Å². The summed E-state index contributed by atoms with van der Waals surface area (Å²) in [5.41, 5.74) is 1.03. The number of nitro benzene ring substituents is 1. The first-order valence-electron chi connectivity index (χ1n) is 4.64. The molecule has 0 radical (unpaired) electrons. The number of hydrogen-bond donors (Lipinski definition) is 1. The van der Waals surface area contributed by atoms with Crippen LogP contribution < -0.4 is 0 Å². The Morgan fingerprint density at radius 2 is 2.12 bits per heavy atom. The van der Waals surface area contributed by atoms with Gasteiger partial charge in [-0.05, 0) is 18.6 Å². The third kappa shape index (κ3) is 2.91. The van der Waals surface area contributed by atoms with Crippen molar-refractivity contribution in [3.8, 4) is 0 Å². The van der Waals surface area contributed by atoms with Gasteiger partial charge in [-0.2, -0.15) is 0 Å². The number of hydrogen-bond acceptors (Lipinski definition) is 3. The molecule has 0 bridgehead atoms. The quantitative estimate of drug-likeness (QED) is 0.625. The molecule has 0 spiro atoms. The molecule has 0 aliphatic carbocycles. The van der Waals surface area contributed by atoms with E-state index in [1.54, 1.807) is 25.1 Å². The first kappa shape index (κ1) is 11.9. The molecule has 1 aromatic rings. The molecule has 1 aromatic carbocycles. The minimum absolute atomic E-state index is 0.0124. The van der Waals surface area contributed by atoms with Crippen molar-refractivity contribution in [3.05, 3.63) is 46.0 Å². The first-order valence-corrected chi connectivity index (χ1v) is 4.64. The minimum atomic E-state index is -0.960. The molecule has 84 valence electrons. The molecule has 0 saturated carbocycles. The monoisotopic (exact) mass is 221 g/mol. The second-order valence-corrected chi connectivity index (χ2v) is 3.26. The third-order valence-corrected chi connectivity index (χ3v) is 2.11. The molecule has 0 aliphatic heterocycles. The highest BCUT2D eigenvalue weighted by Crippen LogP contribution is 2.25. The highest BCUT2D eigenvalue weighted by molar-refractivity contribution is 5.76. The number of para-hydroxylation sites is 1. The van der Waals surface area contributed by atoms with Crippen LogP contribution in [0.1, 0.15) is 18.9 Å². The van der Waals surface area contributed by atoms with Crippen LogP contribution in [0, 0.1) is 10.1 Å². The second-order valence-electron chi connectivity index (χ2n) is 3.26. The van der Waals surface area contributed by atoms with Gasteiger partial charge in [0, 0.05) is 6.07 Å². The van der Waals surface area contributed by atoms with Crippen LogP contribution in [0.5, 0.6) is 0 Å². The summed E-state index contributed by atoms with van der Waals surface area (Å²) in [6.07, 6.45) is 1.32. The van der Waals surface area contributed by atoms with Crippen LogP contribution in [0.15, 0.2) is 30.3 Å². The molecule has 1 rings (SSSR count). The lowest BCUT2D eigenvalue weighted by Gasteiger charge is -2.02. The van der Waals surface area contributed by atoms with E-state index in [2.05, 4.69) is 0 Å². The fourth-order valence-corrected chi connectivity index (χ4v) is 1.32. The lowest BCUT2D eigenvalue weighted by atomic mass is 10.0. The normalized spacial score (nSPS) is 11.2. The van der Waals surface area contributed by atoms with Crippen molar-refractivity contribution in [3.63, 3.8) is 0 Å². The highest BCUT2D eigenvalue weighted by atomic mass is 16.6. The second kappa shape index (κ2) is 5.06. The van der Waals surface area contributed by atoms with Gasteiger partial charge < -0.3 is 5.11 Å². The van der Waals surface area contributed by atoms with Gasteiger partial charge in [-0.25, -0.2) is 0 Å². The van der Waals surface area contributed by atoms with Crippen LogP contribution in [0.25, 0.3) is 5.57 Å². The summed E-state index contributed by atoms with van der Waals surface area (Å²) in [6, 6.07) is 6.26. The van der Waals surface area contributed by atoms with Crippen LogP contribution >= 0.6 is 0 Å². The van der Waals surface area contributed by atoms with Gasteiger partial charge in [0.1, 0.15) is 0 Å². The van der Waals surface area contributed by atoms with Crippen LogP contribution in [-0.2, 0) is 4.79 Å². The largest absolute Gasteiger partial charge is 0.481 e. The maximum absolute atomic E-state index is 10.7. The van der Waals surface area contributed by atoms with Gasteiger partial charge in [0.15, 0.2) is 0 Å². The lowest BCUT2D eigenvalue weighted by molar-refractivity contribution is -0.385. The Morgan fingerprint density at radius 1 is 1.50 bits per heavy atom. The lowest BCUT2D eigenvalue weighted by Crippen LogP contribution is -1.95. The molecular formula is C11H11NO4. The Hall–Kier alpha value is -2.17. The van der Waals surface area contributed by atoms with E-state index in [-0.39, 0.29) is 12.1 Å². The zero-order valence-electron chi connectivity index (χ0n) is 8.71. The molecule has 0 amide bonds. The summed E-state index contributed by atoms with van der Waals surface area (Å²) >= 11 is 0. The average Bonchev–Trinajstić information content (AvgIpc) is 2.25. The SMILES string of the molecule is C/C(=C\CC(=O)O)c1ccccc1[N+](=O)[O-]. The number of carbonyl (C=O) groups is 1. The Balaban J connectivity index is 3.07. The standard InChI is InChI=1S/C11H11NO4/c1-8(6-7-11(13)14)9-4-2-3-5-10(9)12(15)16/h2-6H,7H2,1H3,(H,13,14)/b8-6+. The van der Waals surface area contributed by atoms with Gasteiger partial charge in [-0.15, -0.1) is 0 Å². The van der Waals surface area contributed by atoms with E-state index >= 15 is 0 Å². The van der Waals surface area contributed by atoms with Gasteiger partial charge >= 0.3 is 5.97 Å². The molecule has 5 heteroatoms. The molecular weight excluding hydrogens is 210 g/mol. The van der Waals surface area contributed by atoms with Crippen LogP contribution in [0.3, 0.4) is 0 Å². The number of rotatable bonds is 4. The van der Waals surface area contributed by atoms with Crippen LogP contribution in [0.2, 0.25) is 0 Å². The number of nitro groups is 1. The smallest absolute Gasteiger partial charge is 0.307 e. The average molecular weight is 221 g/mol. The van der Waals surface area contributed by atoms with Gasteiger partial charge in [-0.1, -0.05) is 18.2 Å². The van der Waals surface area contributed by atoms with Crippen molar-refractivity contribution in [2.24, 2.45) is 0 Å². The predicted octanol–water partition coefficient (Wildman–Crippen LogP) is 2.47. The molecule has 1 N–H and O–H groups in total. The summed E-state index contributed by atoms with van der Waals surface area (Å²) in [4.78, 5) is 20.6. The molecule has 0 unspecified atom stereocenters. The van der Waals surface area contributed by atoms with E-state index in [9.17, 15) is 14.9 Å². The molecule has 0 saturated heterocycles. The Morgan fingerprint density at radius 3 is 2.69 bits per heavy atom. The minimum Gasteiger partial charge on any atom is -0.481 e. The van der Waals surface area contributed by atoms with E-state index in [1.807, 2.05) is 0 Å². The number of nitrogens with zero attached hydrogens (tertiary/aromatic N) is 1. The Bertz CT molecular complexity index is 451. The van der Waals surface area contributed by atoms with E-state index in [0.29, 0.717) is 11.1 Å². The summed E-state index contributed by atoms with van der Waals surface area (Å²) in [5.74, 6) is -0.960. The van der Waals surface area contributed by atoms with Gasteiger partial charge in [0.2, 0.25) is 0 Å². The molecule has 0 aromatic heterocycles. The van der Waals surface area contributed by atoms with Crippen LogP contribution in [0.4, 0.5) is 5.69 Å². The maximum Gasteiger partial charge on any atom is 0.307 e. The van der Waals surface area contributed by atoms with Gasteiger partial charge in [-0.3, -0.25) is 14.9 Å². The summed E-state index contributed by atoms with van der Waals surface area (Å²) < 4.78 is 0. The van der Waals surface area contributed by atoms with Crippen LogP contribution in [-0.4, -0.2) is 16.0 Å². The summed E-state index contributed by atoms with van der Waals surface area (Å²) in [6.45, 7) is 1.66. The molecule has 0 atom stereocenters. The van der Waals surface area contributed by atoms with Crippen molar-refractivity contribution in [2.75, 3.05) is 0 Å². The van der Waals surface area contributed by atoms with Crippen molar-refractivity contribution in [1.29, 1.82) is 0 Å². The zero-order valence-corrected chi connectivity index (χ0v) is 8.71. The molecule has 16 heavy (non-hydrogen) atoms. The number of aliphatic carboxylic acids is 1. The molecule has 0 fully saturated rings. The number of allylic oxidation sites excluding steroid dienone is 1. The fourth-order valence-electron chi connectivity index (χ4n) is 1.32. The van der Waals surface area contributed by atoms with Gasteiger partial charge in [0.05, 0.1) is 16.9 Å².